The van der Waals surface area contributed by atoms with Gasteiger partial charge in [-0.25, -0.2) is 4.57 Å². The Kier molecular flexibility index (Phi) is 2.26. The summed E-state index contributed by atoms with van der Waals surface area (Å²) in [5.41, 5.74) is 2.17. The molecular formula is C14H12ClN2+. The number of benzene rings is 1. The normalized spacial score (nSPS) is 11.2. The van der Waals surface area contributed by atoms with Crippen molar-refractivity contribution >= 4 is 33.3 Å². The zero-order valence-electron chi connectivity index (χ0n) is 9.74. The topological polar surface area (TPSA) is 16.8 Å². The summed E-state index contributed by atoms with van der Waals surface area (Å²) in [5.74, 6) is 0. The minimum absolute atomic E-state index is 0.762. The van der Waals surface area contributed by atoms with Crippen molar-refractivity contribution in [3.05, 3.63) is 47.4 Å². The lowest BCUT2D eigenvalue weighted by atomic mass is 10.1. The average Bonchev–Trinajstić information content (AvgIpc) is 2.30. The molecule has 0 amide bonds. The smallest absolute Gasteiger partial charge is 0.214 e. The third-order valence-corrected chi connectivity index (χ3v) is 3.27. The van der Waals surface area contributed by atoms with Crippen molar-refractivity contribution in [2.24, 2.45) is 7.05 Å². The predicted molar refractivity (Wildman–Crippen MR) is 70.2 cm³/mol. The third kappa shape index (κ3) is 1.65. The summed E-state index contributed by atoms with van der Waals surface area (Å²) in [4.78, 5) is 4.33. The van der Waals surface area contributed by atoms with Crippen LogP contribution < -0.4 is 4.57 Å². The van der Waals surface area contributed by atoms with Gasteiger partial charge in [0.15, 0.2) is 6.20 Å². The van der Waals surface area contributed by atoms with E-state index in [1.54, 1.807) is 0 Å². The summed E-state index contributed by atoms with van der Waals surface area (Å²) in [5, 5.41) is 4.34. The summed E-state index contributed by atoms with van der Waals surface area (Å²) in [6.07, 6.45) is 4.00. The Morgan fingerprint density at radius 2 is 2.00 bits per heavy atom. The van der Waals surface area contributed by atoms with E-state index in [9.17, 15) is 0 Å². The van der Waals surface area contributed by atoms with Crippen LogP contribution in [0.5, 0.6) is 0 Å². The van der Waals surface area contributed by atoms with Crippen molar-refractivity contribution < 1.29 is 4.57 Å². The molecule has 84 valence electrons. The fourth-order valence-electron chi connectivity index (χ4n) is 2.21. The minimum Gasteiger partial charge on any atom is -0.261 e. The lowest BCUT2D eigenvalue weighted by Crippen LogP contribution is -2.28. The highest BCUT2D eigenvalue weighted by Gasteiger charge is 2.11. The van der Waals surface area contributed by atoms with Gasteiger partial charge in [0.25, 0.3) is 0 Å². The summed E-state index contributed by atoms with van der Waals surface area (Å²) >= 11 is 6.05. The van der Waals surface area contributed by atoms with Gasteiger partial charge in [0.2, 0.25) is 5.52 Å². The van der Waals surface area contributed by atoms with Crippen LogP contribution in [0.15, 0.2) is 36.7 Å². The Morgan fingerprint density at radius 1 is 1.18 bits per heavy atom. The van der Waals surface area contributed by atoms with Crippen LogP contribution in [-0.2, 0) is 7.05 Å². The first-order valence-electron chi connectivity index (χ1n) is 5.49. The molecule has 0 spiro atoms. The van der Waals surface area contributed by atoms with E-state index in [1.807, 2.05) is 32.3 Å². The molecule has 0 N–H and O–H groups in total. The number of hydrogen-bond donors (Lipinski definition) is 0. The van der Waals surface area contributed by atoms with Crippen LogP contribution in [0, 0.1) is 6.92 Å². The maximum absolute atomic E-state index is 6.05. The van der Waals surface area contributed by atoms with Gasteiger partial charge < -0.3 is 0 Å². The Morgan fingerprint density at radius 3 is 2.82 bits per heavy atom. The van der Waals surface area contributed by atoms with Crippen molar-refractivity contribution in [1.29, 1.82) is 0 Å². The molecule has 0 aliphatic rings. The van der Waals surface area contributed by atoms with Crippen LogP contribution in [0.1, 0.15) is 5.69 Å². The largest absolute Gasteiger partial charge is 0.261 e. The molecule has 2 nitrogen and oxygen atoms in total. The Balaban J connectivity index is 2.57. The van der Waals surface area contributed by atoms with Crippen molar-refractivity contribution in [3.63, 3.8) is 0 Å². The number of pyridine rings is 2. The molecule has 0 saturated carbocycles. The second-order valence-electron chi connectivity index (χ2n) is 4.31. The molecule has 0 fully saturated rings. The maximum atomic E-state index is 6.05. The van der Waals surface area contributed by atoms with Gasteiger partial charge in [0.05, 0.1) is 10.8 Å². The van der Waals surface area contributed by atoms with Gasteiger partial charge in [-0.05, 0) is 25.1 Å². The second kappa shape index (κ2) is 3.67. The summed E-state index contributed by atoms with van der Waals surface area (Å²) in [7, 11) is 2.03. The molecule has 0 atom stereocenters. The molecule has 0 aliphatic carbocycles. The third-order valence-electron chi connectivity index (χ3n) is 3.03. The first-order valence-corrected chi connectivity index (χ1v) is 5.87. The average molecular weight is 244 g/mol. The Labute approximate surface area is 104 Å². The van der Waals surface area contributed by atoms with Crippen LogP contribution in [0.4, 0.5) is 0 Å². The zero-order valence-corrected chi connectivity index (χ0v) is 10.5. The monoisotopic (exact) mass is 243 g/mol. The van der Waals surface area contributed by atoms with E-state index in [4.69, 9.17) is 11.6 Å². The SMILES string of the molecule is Cc1cc2c(cn1)c[n+](C)c1cc(Cl)ccc21. The number of aryl methyl sites for hydroxylation is 2. The van der Waals surface area contributed by atoms with Crippen molar-refractivity contribution in [2.75, 3.05) is 0 Å². The van der Waals surface area contributed by atoms with Crippen LogP contribution >= 0.6 is 11.6 Å². The van der Waals surface area contributed by atoms with E-state index in [-0.39, 0.29) is 0 Å². The van der Waals surface area contributed by atoms with E-state index in [0.717, 1.165) is 21.6 Å². The number of aromatic nitrogens is 2. The molecule has 17 heavy (non-hydrogen) atoms. The van der Waals surface area contributed by atoms with E-state index in [2.05, 4.69) is 27.9 Å². The lowest BCUT2D eigenvalue weighted by molar-refractivity contribution is -0.643. The van der Waals surface area contributed by atoms with Gasteiger partial charge >= 0.3 is 0 Å². The number of hydrogen-bond acceptors (Lipinski definition) is 1. The summed E-state index contributed by atoms with van der Waals surface area (Å²) in [6, 6.07) is 8.11. The van der Waals surface area contributed by atoms with Crippen molar-refractivity contribution in [2.45, 2.75) is 6.92 Å². The van der Waals surface area contributed by atoms with E-state index >= 15 is 0 Å². The van der Waals surface area contributed by atoms with Crippen LogP contribution in [0.2, 0.25) is 5.02 Å². The highest BCUT2D eigenvalue weighted by Crippen LogP contribution is 2.24. The lowest BCUT2D eigenvalue weighted by Gasteiger charge is -2.03. The van der Waals surface area contributed by atoms with Gasteiger partial charge in [-0.15, -0.1) is 0 Å². The molecule has 2 heterocycles. The molecular weight excluding hydrogens is 232 g/mol. The van der Waals surface area contributed by atoms with Crippen LogP contribution in [-0.4, -0.2) is 4.98 Å². The van der Waals surface area contributed by atoms with Gasteiger partial charge in [-0.1, -0.05) is 11.6 Å². The number of halogens is 1. The molecule has 0 radical (unpaired) electrons. The molecule has 0 bridgehead atoms. The molecule has 2 aromatic heterocycles. The first kappa shape index (κ1) is 10.5. The van der Waals surface area contributed by atoms with Gasteiger partial charge in [-0.2, -0.15) is 0 Å². The van der Waals surface area contributed by atoms with Crippen LogP contribution in [0.25, 0.3) is 21.7 Å². The Bertz CT molecular complexity index is 735. The second-order valence-corrected chi connectivity index (χ2v) is 4.75. The Hall–Kier alpha value is -1.67. The number of rotatable bonds is 0. The van der Waals surface area contributed by atoms with Crippen LogP contribution in [0.3, 0.4) is 0 Å². The van der Waals surface area contributed by atoms with E-state index in [1.165, 1.54) is 10.8 Å². The van der Waals surface area contributed by atoms with E-state index in [0.29, 0.717) is 0 Å². The summed E-state index contributed by atoms with van der Waals surface area (Å²) < 4.78 is 2.08. The molecule has 3 rings (SSSR count). The number of nitrogens with zero attached hydrogens (tertiary/aromatic N) is 2. The fourth-order valence-corrected chi connectivity index (χ4v) is 2.38. The van der Waals surface area contributed by atoms with Crippen molar-refractivity contribution in [3.8, 4) is 0 Å². The highest BCUT2D eigenvalue weighted by molar-refractivity contribution is 6.31. The van der Waals surface area contributed by atoms with Gasteiger partial charge in [0.1, 0.15) is 7.05 Å². The quantitative estimate of drug-likeness (QED) is 0.438. The van der Waals surface area contributed by atoms with Crippen molar-refractivity contribution in [1.82, 2.24) is 4.98 Å². The first-order chi connectivity index (χ1) is 8.15. The zero-order chi connectivity index (χ0) is 12.0. The molecule has 0 saturated heterocycles. The molecule has 3 heteroatoms. The molecule has 0 aliphatic heterocycles. The highest BCUT2D eigenvalue weighted by atomic mass is 35.5. The number of fused-ring (bicyclic) bond motifs is 3. The molecule has 0 unspecified atom stereocenters. The standard InChI is InChI=1S/C14H12ClN2/c1-9-5-13-10(7-16-9)8-17(2)14-6-11(15)3-4-12(13)14/h3-8H,1-2H3/q+1. The predicted octanol–water partition coefficient (Wildman–Crippen LogP) is 3.17. The maximum Gasteiger partial charge on any atom is 0.214 e. The van der Waals surface area contributed by atoms with Gasteiger partial charge in [0, 0.05) is 28.4 Å². The molecule has 3 aromatic rings. The summed E-state index contributed by atoms with van der Waals surface area (Å²) in [6.45, 7) is 2.01. The fraction of sp³-hybridized carbons (Fsp3) is 0.143. The molecule has 1 aromatic carbocycles. The minimum atomic E-state index is 0.762. The van der Waals surface area contributed by atoms with E-state index < -0.39 is 0 Å². The van der Waals surface area contributed by atoms with Gasteiger partial charge in [-0.3, -0.25) is 4.98 Å².